The average molecular weight is 323 g/mol. The summed E-state index contributed by atoms with van der Waals surface area (Å²) >= 11 is 3.45. The lowest BCUT2D eigenvalue weighted by Crippen LogP contribution is -2.07. The largest absolute Gasteiger partial charge is 0.389 e. The third-order valence-corrected chi connectivity index (χ3v) is 3.72. The minimum atomic E-state index is -0.522. The van der Waals surface area contributed by atoms with Crippen LogP contribution in [-0.2, 0) is 12.8 Å². The van der Waals surface area contributed by atoms with Crippen LogP contribution in [-0.4, -0.2) is 14.9 Å². The van der Waals surface area contributed by atoms with Crippen molar-refractivity contribution in [2.75, 3.05) is 0 Å². The first-order chi connectivity index (χ1) is 9.06. The average Bonchev–Trinajstić information content (AvgIpc) is 2.81. The Hall–Kier alpha value is -1.13. The Morgan fingerprint density at radius 2 is 2.00 bits per heavy atom. The molecule has 0 aliphatic rings. The molecule has 102 valence electrons. The van der Waals surface area contributed by atoms with E-state index in [0.717, 1.165) is 34.3 Å². The number of hydrogen-bond acceptors (Lipinski definition) is 2. The summed E-state index contributed by atoms with van der Waals surface area (Å²) in [4.78, 5) is 0. The summed E-state index contributed by atoms with van der Waals surface area (Å²) in [5, 5.41) is 14.6. The Morgan fingerprint density at radius 1 is 1.26 bits per heavy atom. The van der Waals surface area contributed by atoms with Crippen LogP contribution < -0.4 is 0 Å². The van der Waals surface area contributed by atoms with Crippen LogP contribution in [0.15, 0.2) is 28.7 Å². The first-order valence-electron chi connectivity index (χ1n) is 6.62. The predicted molar refractivity (Wildman–Crippen MR) is 80.7 cm³/mol. The maximum absolute atomic E-state index is 9.96. The second kappa shape index (κ2) is 5.88. The number of aliphatic hydroxyl groups excluding tert-OH is 1. The summed E-state index contributed by atoms with van der Waals surface area (Å²) in [6, 6.07) is 8.06. The van der Waals surface area contributed by atoms with E-state index in [-0.39, 0.29) is 0 Å². The molecule has 3 nitrogen and oxygen atoms in total. The minimum Gasteiger partial charge on any atom is -0.389 e. The van der Waals surface area contributed by atoms with Crippen molar-refractivity contribution in [3.05, 3.63) is 45.7 Å². The number of hydrogen-bond donors (Lipinski definition) is 1. The highest BCUT2D eigenvalue weighted by atomic mass is 79.9. The SMILES string of the molecule is CCc1cc(CC)n(-c2ccc(Br)cc2C(C)O)n1. The van der Waals surface area contributed by atoms with E-state index in [2.05, 4.69) is 40.9 Å². The van der Waals surface area contributed by atoms with Crippen molar-refractivity contribution in [3.63, 3.8) is 0 Å². The molecule has 0 saturated carbocycles. The van der Waals surface area contributed by atoms with E-state index in [1.807, 2.05) is 22.9 Å². The van der Waals surface area contributed by atoms with E-state index in [9.17, 15) is 5.11 Å². The van der Waals surface area contributed by atoms with Crippen molar-refractivity contribution in [2.24, 2.45) is 0 Å². The van der Waals surface area contributed by atoms with E-state index >= 15 is 0 Å². The Labute approximate surface area is 122 Å². The molecule has 19 heavy (non-hydrogen) atoms. The highest BCUT2D eigenvalue weighted by molar-refractivity contribution is 9.10. The molecule has 1 atom stereocenters. The molecule has 0 amide bonds. The van der Waals surface area contributed by atoms with Crippen molar-refractivity contribution in [3.8, 4) is 5.69 Å². The molecule has 1 unspecified atom stereocenters. The lowest BCUT2D eigenvalue weighted by Gasteiger charge is -2.14. The number of rotatable bonds is 4. The van der Waals surface area contributed by atoms with Gasteiger partial charge in [-0.3, -0.25) is 0 Å². The molecule has 1 aromatic carbocycles. The van der Waals surface area contributed by atoms with Gasteiger partial charge in [0.25, 0.3) is 0 Å². The molecule has 0 fully saturated rings. The Kier molecular flexibility index (Phi) is 4.42. The van der Waals surface area contributed by atoms with Crippen LogP contribution in [0.25, 0.3) is 5.69 Å². The van der Waals surface area contributed by atoms with Crippen LogP contribution in [0.2, 0.25) is 0 Å². The fourth-order valence-electron chi connectivity index (χ4n) is 2.16. The van der Waals surface area contributed by atoms with Gasteiger partial charge in [0.05, 0.1) is 17.5 Å². The molecule has 0 aliphatic carbocycles. The summed E-state index contributed by atoms with van der Waals surface area (Å²) in [5.74, 6) is 0. The number of aliphatic hydroxyl groups is 1. The Morgan fingerprint density at radius 3 is 2.58 bits per heavy atom. The molecule has 2 aromatic rings. The molecule has 0 aliphatic heterocycles. The summed E-state index contributed by atoms with van der Waals surface area (Å²) < 4.78 is 2.92. The van der Waals surface area contributed by atoms with E-state index in [0.29, 0.717) is 0 Å². The van der Waals surface area contributed by atoms with Crippen molar-refractivity contribution in [1.82, 2.24) is 9.78 Å². The summed E-state index contributed by atoms with van der Waals surface area (Å²) in [6.07, 6.45) is 1.31. The maximum atomic E-state index is 9.96. The van der Waals surface area contributed by atoms with Gasteiger partial charge in [0.15, 0.2) is 0 Å². The third-order valence-electron chi connectivity index (χ3n) is 3.23. The Balaban J connectivity index is 2.60. The van der Waals surface area contributed by atoms with Crippen molar-refractivity contribution >= 4 is 15.9 Å². The van der Waals surface area contributed by atoms with Crippen LogP contribution in [0, 0.1) is 0 Å². The van der Waals surface area contributed by atoms with Crippen molar-refractivity contribution in [2.45, 2.75) is 39.7 Å². The van der Waals surface area contributed by atoms with Gasteiger partial charge in [-0.25, -0.2) is 4.68 Å². The van der Waals surface area contributed by atoms with Gasteiger partial charge in [0.2, 0.25) is 0 Å². The predicted octanol–water partition coefficient (Wildman–Crippen LogP) is 3.81. The summed E-state index contributed by atoms with van der Waals surface area (Å²) in [7, 11) is 0. The van der Waals surface area contributed by atoms with Gasteiger partial charge < -0.3 is 5.11 Å². The van der Waals surface area contributed by atoms with Gasteiger partial charge in [-0.05, 0) is 44.0 Å². The van der Waals surface area contributed by atoms with Crippen molar-refractivity contribution < 1.29 is 5.11 Å². The van der Waals surface area contributed by atoms with Crippen LogP contribution in [0.1, 0.15) is 43.8 Å². The highest BCUT2D eigenvalue weighted by Crippen LogP contribution is 2.26. The molecule has 1 aromatic heterocycles. The molecule has 4 heteroatoms. The van der Waals surface area contributed by atoms with Crippen LogP contribution >= 0.6 is 15.9 Å². The monoisotopic (exact) mass is 322 g/mol. The zero-order valence-electron chi connectivity index (χ0n) is 11.5. The number of benzene rings is 1. The number of aromatic nitrogens is 2. The van der Waals surface area contributed by atoms with Gasteiger partial charge in [-0.1, -0.05) is 29.8 Å². The first kappa shape index (κ1) is 14.3. The quantitative estimate of drug-likeness (QED) is 0.929. The third kappa shape index (κ3) is 2.90. The van der Waals surface area contributed by atoms with E-state index < -0.39 is 6.10 Å². The molecular weight excluding hydrogens is 304 g/mol. The maximum Gasteiger partial charge on any atom is 0.0783 e. The molecule has 0 saturated heterocycles. The first-order valence-corrected chi connectivity index (χ1v) is 7.41. The molecule has 2 rings (SSSR count). The van der Waals surface area contributed by atoms with E-state index in [4.69, 9.17) is 0 Å². The van der Waals surface area contributed by atoms with Crippen LogP contribution in [0.3, 0.4) is 0 Å². The number of halogens is 1. The molecular formula is C15H19BrN2O. The van der Waals surface area contributed by atoms with Crippen molar-refractivity contribution in [1.29, 1.82) is 0 Å². The normalized spacial score (nSPS) is 12.7. The van der Waals surface area contributed by atoms with Gasteiger partial charge in [-0.2, -0.15) is 5.10 Å². The van der Waals surface area contributed by atoms with Crippen LogP contribution in [0.5, 0.6) is 0 Å². The highest BCUT2D eigenvalue weighted by Gasteiger charge is 2.14. The summed E-state index contributed by atoms with van der Waals surface area (Å²) in [5.41, 5.74) is 4.09. The second-order valence-corrected chi connectivity index (χ2v) is 5.54. The second-order valence-electron chi connectivity index (χ2n) is 4.63. The number of aryl methyl sites for hydroxylation is 2. The lowest BCUT2D eigenvalue weighted by molar-refractivity contribution is 0.199. The van der Waals surface area contributed by atoms with Gasteiger partial charge >= 0.3 is 0 Å². The zero-order chi connectivity index (χ0) is 14.0. The molecule has 0 bridgehead atoms. The molecule has 0 radical (unpaired) electrons. The molecule has 0 spiro atoms. The molecule has 1 heterocycles. The van der Waals surface area contributed by atoms with Crippen LogP contribution in [0.4, 0.5) is 0 Å². The van der Waals surface area contributed by atoms with E-state index in [1.165, 1.54) is 5.69 Å². The molecule has 1 N–H and O–H groups in total. The topological polar surface area (TPSA) is 38.0 Å². The van der Waals surface area contributed by atoms with Gasteiger partial charge in [0.1, 0.15) is 0 Å². The standard InChI is InChI=1S/C15H19BrN2O/c1-4-12-9-13(5-2)18(17-12)15-7-6-11(16)8-14(15)10(3)19/h6-10,19H,4-5H2,1-3H3. The fraction of sp³-hybridized carbons (Fsp3) is 0.400. The fourth-order valence-corrected chi connectivity index (χ4v) is 2.54. The van der Waals surface area contributed by atoms with Gasteiger partial charge in [-0.15, -0.1) is 0 Å². The van der Waals surface area contributed by atoms with E-state index in [1.54, 1.807) is 6.92 Å². The lowest BCUT2D eigenvalue weighted by atomic mass is 10.1. The smallest absolute Gasteiger partial charge is 0.0783 e. The zero-order valence-corrected chi connectivity index (χ0v) is 13.1. The summed E-state index contributed by atoms with van der Waals surface area (Å²) in [6.45, 7) is 6.00. The number of nitrogens with zero attached hydrogens (tertiary/aromatic N) is 2. The Bertz CT molecular complexity index is 576. The minimum absolute atomic E-state index is 0.522. The van der Waals surface area contributed by atoms with Gasteiger partial charge in [0, 0.05) is 15.7 Å².